The number of hydrogen-bond acceptors (Lipinski definition) is 3. The Hall–Kier alpha value is -1.30. The fourth-order valence-electron chi connectivity index (χ4n) is 2.78. The minimum absolute atomic E-state index is 0. The number of nitrogens with zero attached hydrogens (tertiary/aromatic N) is 1. The molecule has 1 unspecified atom stereocenters. The van der Waals surface area contributed by atoms with Crippen molar-refractivity contribution in [3.8, 4) is 0 Å². The number of benzene rings is 1. The summed E-state index contributed by atoms with van der Waals surface area (Å²) in [7, 11) is 0. The van der Waals surface area contributed by atoms with Crippen LogP contribution >= 0.6 is 24.0 Å². The largest absolute Gasteiger partial charge is 0.346 e. The van der Waals surface area contributed by atoms with Gasteiger partial charge in [0.1, 0.15) is 0 Å². The molecule has 7 heteroatoms. The Morgan fingerprint density at radius 2 is 1.96 bits per heavy atom. The van der Waals surface area contributed by atoms with Crippen molar-refractivity contribution in [3.63, 3.8) is 0 Å². The predicted octanol–water partition coefficient (Wildman–Crippen LogP) is 2.52. The van der Waals surface area contributed by atoms with Gasteiger partial charge >= 0.3 is 0 Å². The average molecular weight is 374 g/mol. The van der Waals surface area contributed by atoms with E-state index in [-0.39, 0.29) is 42.7 Å². The molecule has 1 aromatic rings. The zero-order chi connectivity index (χ0) is 17.0. The first-order valence-electron chi connectivity index (χ1n) is 7.98. The second kappa shape index (κ2) is 9.25. The van der Waals surface area contributed by atoms with E-state index in [1.165, 1.54) is 0 Å². The van der Waals surface area contributed by atoms with Crippen molar-refractivity contribution in [2.24, 2.45) is 11.7 Å². The average Bonchev–Trinajstić information content (AvgIpc) is 3.01. The number of amides is 2. The van der Waals surface area contributed by atoms with Gasteiger partial charge in [-0.3, -0.25) is 9.59 Å². The molecule has 1 saturated heterocycles. The highest BCUT2D eigenvalue weighted by Gasteiger charge is 2.30. The monoisotopic (exact) mass is 373 g/mol. The maximum Gasteiger partial charge on any atom is 0.242 e. The van der Waals surface area contributed by atoms with Gasteiger partial charge in [-0.2, -0.15) is 0 Å². The van der Waals surface area contributed by atoms with Crippen LogP contribution in [-0.4, -0.2) is 35.8 Å². The molecule has 2 amide bonds. The van der Waals surface area contributed by atoms with Crippen LogP contribution in [-0.2, 0) is 9.59 Å². The molecule has 0 bridgehead atoms. The molecule has 1 aliphatic rings. The van der Waals surface area contributed by atoms with Crippen molar-refractivity contribution in [1.82, 2.24) is 10.2 Å². The van der Waals surface area contributed by atoms with Crippen LogP contribution in [0.1, 0.15) is 38.3 Å². The highest BCUT2D eigenvalue weighted by Crippen LogP contribution is 2.32. The molecule has 0 aliphatic carbocycles. The smallest absolute Gasteiger partial charge is 0.242 e. The number of hydrogen-bond donors (Lipinski definition) is 2. The minimum Gasteiger partial charge on any atom is -0.346 e. The summed E-state index contributed by atoms with van der Waals surface area (Å²) >= 11 is 5.92. The van der Waals surface area contributed by atoms with Crippen molar-refractivity contribution in [3.05, 3.63) is 34.9 Å². The highest BCUT2D eigenvalue weighted by molar-refractivity contribution is 6.30. The van der Waals surface area contributed by atoms with Gasteiger partial charge in [0.05, 0.1) is 18.6 Å². The first-order valence-corrected chi connectivity index (χ1v) is 8.36. The van der Waals surface area contributed by atoms with E-state index in [9.17, 15) is 9.59 Å². The van der Waals surface area contributed by atoms with Gasteiger partial charge < -0.3 is 16.0 Å². The number of carbonyl (C=O) groups is 2. The molecule has 0 aromatic heterocycles. The van der Waals surface area contributed by atoms with Crippen molar-refractivity contribution in [2.45, 2.75) is 38.8 Å². The van der Waals surface area contributed by atoms with Crippen LogP contribution in [0.25, 0.3) is 0 Å². The topological polar surface area (TPSA) is 75.4 Å². The number of halogens is 2. The van der Waals surface area contributed by atoms with Gasteiger partial charge in [-0.05, 0) is 36.5 Å². The van der Waals surface area contributed by atoms with Crippen LogP contribution < -0.4 is 11.1 Å². The van der Waals surface area contributed by atoms with Gasteiger partial charge in [0.25, 0.3) is 0 Å². The maximum absolute atomic E-state index is 12.4. The quantitative estimate of drug-likeness (QED) is 0.832. The lowest BCUT2D eigenvalue weighted by Gasteiger charge is -2.26. The maximum atomic E-state index is 12.4. The molecule has 0 spiro atoms. The molecule has 1 heterocycles. The van der Waals surface area contributed by atoms with Crippen molar-refractivity contribution < 1.29 is 9.59 Å². The lowest BCUT2D eigenvalue weighted by molar-refractivity contribution is -0.134. The third-order valence-electron chi connectivity index (χ3n) is 4.26. The number of nitrogens with one attached hydrogen (secondary N) is 1. The summed E-state index contributed by atoms with van der Waals surface area (Å²) in [5.41, 5.74) is 6.86. The highest BCUT2D eigenvalue weighted by atomic mass is 35.5. The summed E-state index contributed by atoms with van der Waals surface area (Å²) in [4.78, 5) is 26.1. The van der Waals surface area contributed by atoms with Gasteiger partial charge in [-0.1, -0.05) is 37.6 Å². The number of rotatable bonds is 5. The second-order valence-corrected chi connectivity index (χ2v) is 6.72. The van der Waals surface area contributed by atoms with Crippen molar-refractivity contribution in [1.29, 1.82) is 0 Å². The SMILES string of the molecule is CC(C)[C@H](N)C(=O)NCC(=O)N1CCCC1c1ccc(Cl)cc1.Cl. The molecule has 0 saturated carbocycles. The molecular formula is C17H25Cl2N3O2. The Kier molecular flexibility index (Phi) is 8.00. The van der Waals surface area contributed by atoms with E-state index in [1.807, 2.05) is 43.0 Å². The standard InChI is InChI=1S/C17H24ClN3O2.ClH/c1-11(2)16(19)17(23)20-10-15(22)21-9-3-4-14(21)12-5-7-13(18)8-6-12;/h5-8,11,14,16H,3-4,9-10,19H2,1-2H3,(H,20,23);1H/t14?,16-;/m0./s1. The van der Waals surface area contributed by atoms with Gasteiger partial charge in [-0.15, -0.1) is 12.4 Å². The van der Waals surface area contributed by atoms with E-state index >= 15 is 0 Å². The Labute approximate surface area is 154 Å². The van der Waals surface area contributed by atoms with Crippen molar-refractivity contribution >= 4 is 35.8 Å². The molecule has 1 fully saturated rings. The van der Waals surface area contributed by atoms with Gasteiger partial charge in [0, 0.05) is 11.6 Å². The molecular weight excluding hydrogens is 349 g/mol. The number of carbonyl (C=O) groups excluding carboxylic acids is 2. The van der Waals surface area contributed by atoms with Crippen LogP contribution in [0.4, 0.5) is 0 Å². The Bertz CT molecular complexity index is 563. The minimum atomic E-state index is -0.589. The van der Waals surface area contributed by atoms with Crippen molar-refractivity contribution in [2.75, 3.05) is 13.1 Å². The van der Waals surface area contributed by atoms with Crippen LogP contribution in [0.3, 0.4) is 0 Å². The third-order valence-corrected chi connectivity index (χ3v) is 4.51. The summed E-state index contributed by atoms with van der Waals surface area (Å²) in [6, 6.07) is 7.03. The van der Waals surface area contributed by atoms with E-state index < -0.39 is 6.04 Å². The Balaban J connectivity index is 0.00000288. The van der Waals surface area contributed by atoms with Crippen LogP contribution in [0.2, 0.25) is 5.02 Å². The molecule has 24 heavy (non-hydrogen) atoms. The van der Waals surface area contributed by atoms with E-state index in [1.54, 1.807) is 0 Å². The van der Waals surface area contributed by atoms with Crippen LogP contribution in [0, 0.1) is 5.92 Å². The number of nitrogens with two attached hydrogens (primary N) is 1. The lowest BCUT2D eigenvalue weighted by atomic mass is 10.0. The second-order valence-electron chi connectivity index (χ2n) is 6.28. The van der Waals surface area contributed by atoms with Gasteiger partial charge in [0.15, 0.2) is 0 Å². The first kappa shape index (κ1) is 20.7. The van der Waals surface area contributed by atoms with Crippen LogP contribution in [0.5, 0.6) is 0 Å². The van der Waals surface area contributed by atoms with E-state index in [4.69, 9.17) is 17.3 Å². The molecule has 0 radical (unpaired) electrons. The van der Waals surface area contributed by atoms with E-state index in [2.05, 4.69) is 5.32 Å². The summed E-state index contributed by atoms with van der Waals surface area (Å²) in [5.74, 6) is -0.318. The fourth-order valence-corrected chi connectivity index (χ4v) is 2.91. The lowest BCUT2D eigenvalue weighted by Crippen LogP contribution is -2.47. The molecule has 5 nitrogen and oxygen atoms in total. The summed E-state index contributed by atoms with van der Waals surface area (Å²) in [6.45, 7) is 4.45. The third kappa shape index (κ3) is 5.10. The molecule has 2 rings (SSSR count). The molecule has 1 aromatic carbocycles. The molecule has 3 N–H and O–H groups in total. The summed E-state index contributed by atoms with van der Waals surface area (Å²) < 4.78 is 0. The predicted molar refractivity (Wildman–Crippen MR) is 98.2 cm³/mol. The van der Waals surface area contributed by atoms with Gasteiger partial charge in [0.2, 0.25) is 11.8 Å². The zero-order valence-electron chi connectivity index (χ0n) is 14.0. The molecule has 1 aliphatic heterocycles. The first-order chi connectivity index (χ1) is 10.9. The van der Waals surface area contributed by atoms with Gasteiger partial charge in [-0.25, -0.2) is 0 Å². The Morgan fingerprint density at radius 1 is 1.33 bits per heavy atom. The van der Waals surface area contributed by atoms with E-state index in [0.717, 1.165) is 18.4 Å². The molecule has 134 valence electrons. The Morgan fingerprint density at radius 3 is 2.54 bits per heavy atom. The summed E-state index contributed by atoms with van der Waals surface area (Å²) in [5, 5.41) is 3.33. The fraction of sp³-hybridized carbons (Fsp3) is 0.529. The van der Waals surface area contributed by atoms with Crippen LogP contribution in [0.15, 0.2) is 24.3 Å². The summed E-state index contributed by atoms with van der Waals surface area (Å²) in [6.07, 6.45) is 1.88. The molecule has 2 atom stereocenters. The van der Waals surface area contributed by atoms with E-state index in [0.29, 0.717) is 11.6 Å². The normalized spacial score (nSPS) is 18.2. The zero-order valence-corrected chi connectivity index (χ0v) is 15.6. The number of likely N-dealkylation sites (tertiary alicyclic amines) is 1.